The Bertz CT molecular complexity index is 816. The van der Waals surface area contributed by atoms with Crippen molar-refractivity contribution < 1.29 is 4.79 Å². The maximum atomic E-state index is 12.5. The van der Waals surface area contributed by atoms with Crippen LogP contribution in [0.25, 0.3) is 10.2 Å². The van der Waals surface area contributed by atoms with Gasteiger partial charge in [-0.2, -0.15) is 5.26 Å². The minimum atomic E-state index is -0.845. The Morgan fingerprint density at radius 1 is 1.19 bits per heavy atom. The first kappa shape index (κ1) is 14.2. The lowest BCUT2D eigenvalue weighted by Gasteiger charge is -2.05. The first-order valence-electron chi connectivity index (χ1n) is 6.24. The summed E-state index contributed by atoms with van der Waals surface area (Å²) < 4.78 is 2.04. The number of thiazole rings is 1. The van der Waals surface area contributed by atoms with E-state index < -0.39 is 5.92 Å². The van der Waals surface area contributed by atoms with Crippen molar-refractivity contribution in [2.75, 3.05) is 0 Å². The number of carbonyl (C=O) groups is 1. The summed E-state index contributed by atoms with van der Waals surface area (Å²) in [5.41, 5.74) is 1.37. The Morgan fingerprint density at radius 2 is 1.90 bits per heavy atom. The number of ketones is 1. The molecule has 0 amide bonds. The Kier molecular flexibility index (Phi) is 3.99. The summed E-state index contributed by atoms with van der Waals surface area (Å²) in [4.78, 5) is 16.9. The molecule has 1 heterocycles. The van der Waals surface area contributed by atoms with Gasteiger partial charge in [0.1, 0.15) is 5.01 Å². The smallest absolute Gasteiger partial charge is 0.186 e. The number of nitrogens with zero attached hydrogens (tertiary/aromatic N) is 2. The monoisotopic (exact) mass is 404 g/mol. The van der Waals surface area contributed by atoms with Crippen molar-refractivity contribution in [3.63, 3.8) is 0 Å². The van der Waals surface area contributed by atoms with E-state index in [0.29, 0.717) is 10.6 Å². The van der Waals surface area contributed by atoms with Gasteiger partial charge in [-0.15, -0.1) is 11.3 Å². The number of benzene rings is 2. The van der Waals surface area contributed by atoms with E-state index in [0.717, 1.165) is 13.8 Å². The second-order valence-electron chi connectivity index (χ2n) is 4.45. The van der Waals surface area contributed by atoms with Crippen molar-refractivity contribution in [1.29, 1.82) is 5.26 Å². The van der Waals surface area contributed by atoms with E-state index in [9.17, 15) is 10.1 Å². The number of carbonyl (C=O) groups excluding carboxylic acids is 1. The Hall–Kier alpha value is -1.78. The molecule has 5 heteroatoms. The molecule has 3 aromatic rings. The van der Waals surface area contributed by atoms with Gasteiger partial charge < -0.3 is 0 Å². The number of para-hydroxylation sites is 1. The molecular weight excluding hydrogens is 395 g/mol. The van der Waals surface area contributed by atoms with Gasteiger partial charge in [-0.1, -0.05) is 24.3 Å². The SMILES string of the molecule is N#C[C@@H](C(=O)c1ccc(I)cc1)c1nc2ccccc2s1. The van der Waals surface area contributed by atoms with Crippen molar-refractivity contribution in [3.05, 3.63) is 62.7 Å². The molecule has 0 spiro atoms. The molecule has 3 nitrogen and oxygen atoms in total. The highest BCUT2D eigenvalue weighted by atomic mass is 127. The highest BCUT2D eigenvalue weighted by molar-refractivity contribution is 14.1. The number of aromatic nitrogens is 1. The minimum Gasteiger partial charge on any atom is -0.292 e. The van der Waals surface area contributed by atoms with Crippen LogP contribution in [0.5, 0.6) is 0 Å². The van der Waals surface area contributed by atoms with E-state index in [1.807, 2.05) is 36.4 Å². The Labute approximate surface area is 139 Å². The van der Waals surface area contributed by atoms with Gasteiger partial charge in [-0.25, -0.2) is 4.98 Å². The van der Waals surface area contributed by atoms with Gasteiger partial charge in [0.15, 0.2) is 11.7 Å². The molecule has 0 saturated heterocycles. The second-order valence-corrected chi connectivity index (χ2v) is 6.76. The van der Waals surface area contributed by atoms with Gasteiger partial charge in [0, 0.05) is 9.13 Å². The lowest BCUT2D eigenvalue weighted by Crippen LogP contribution is -2.10. The molecule has 0 N–H and O–H groups in total. The maximum absolute atomic E-state index is 12.5. The van der Waals surface area contributed by atoms with Gasteiger partial charge in [0.25, 0.3) is 0 Å². The van der Waals surface area contributed by atoms with E-state index in [2.05, 4.69) is 33.6 Å². The van der Waals surface area contributed by atoms with E-state index in [4.69, 9.17) is 0 Å². The van der Waals surface area contributed by atoms with Gasteiger partial charge in [-0.05, 0) is 46.9 Å². The van der Waals surface area contributed by atoms with E-state index >= 15 is 0 Å². The van der Waals surface area contributed by atoms with Crippen LogP contribution in [0.4, 0.5) is 0 Å². The van der Waals surface area contributed by atoms with Crippen LogP contribution in [-0.2, 0) is 0 Å². The van der Waals surface area contributed by atoms with Crippen LogP contribution in [0.15, 0.2) is 48.5 Å². The van der Waals surface area contributed by atoms with Gasteiger partial charge >= 0.3 is 0 Å². The number of nitriles is 1. The fraction of sp³-hybridized carbons (Fsp3) is 0.0625. The molecule has 1 atom stereocenters. The van der Waals surface area contributed by atoms with E-state index in [1.165, 1.54) is 11.3 Å². The fourth-order valence-electron chi connectivity index (χ4n) is 2.02. The van der Waals surface area contributed by atoms with Crippen LogP contribution in [-0.4, -0.2) is 10.8 Å². The number of Topliss-reactive ketones (excluding diaryl/α,β-unsaturated/α-hetero) is 1. The third-order valence-electron chi connectivity index (χ3n) is 3.08. The average Bonchev–Trinajstić information content (AvgIpc) is 2.92. The van der Waals surface area contributed by atoms with Crippen molar-refractivity contribution in [2.24, 2.45) is 0 Å². The molecule has 3 rings (SSSR count). The van der Waals surface area contributed by atoms with Crippen LogP contribution < -0.4 is 0 Å². The first-order chi connectivity index (χ1) is 10.2. The Morgan fingerprint density at radius 3 is 2.57 bits per heavy atom. The zero-order chi connectivity index (χ0) is 14.8. The summed E-state index contributed by atoms with van der Waals surface area (Å²) in [5, 5.41) is 9.94. The quantitative estimate of drug-likeness (QED) is 0.481. The van der Waals surface area contributed by atoms with Crippen LogP contribution in [0.1, 0.15) is 21.3 Å². The summed E-state index contributed by atoms with van der Waals surface area (Å²) in [6.45, 7) is 0. The molecule has 0 aliphatic rings. The number of hydrogen-bond acceptors (Lipinski definition) is 4. The van der Waals surface area contributed by atoms with Gasteiger partial charge in [0.05, 0.1) is 16.3 Å². The standard InChI is InChI=1S/C16H9IN2OS/c17-11-7-5-10(6-8-11)15(20)12(9-18)16-19-13-3-1-2-4-14(13)21-16/h1-8,12H/t12-/m0/s1. The summed E-state index contributed by atoms with van der Waals surface area (Å²) in [6.07, 6.45) is 0. The molecule has 21 heavy (non-hydrogen) atoms. The molecule has 0 fully saturated rings. The number of fused-ring (bicyclic) bond motifs is 1. The van der Waals surface area contributed by atoms with Gasteiger partial charge in [0.2, 0.25) is 0 Å². The third kappa shape index (κ3) is 2.82. The van der Waals surface area contributed by atoms with Crippen molar-refractivity contribution >= 4 is 49.9 Å². The Balaban J connectivity index is 1.99. The lowest BCUT2D eigenvalue weighted by atomic mass is 9.99. The normalized spacial score (nSPS) is 12.0. The summed E-state index contributed by atoms with van der Waals surface area (Å²) >= 11 is 3.58. The predicted molar refractivity (Wildman–Crippen MR) is 91.5 cm³/mol. The highest BCUT2D eigenvalue weighted by Gasteiger charge is 2.25. The molecule has 0 aliphatic heterocycles. The topological polar surface area (TPSA) is 53.8 Å². The number of hydrogen-bond donors (Lipinski definition) is 0. The van der Waals surface area contributed by atoms with Crippen LogP contribution in [0.3, 0.4) is 0 Å². The zero-order valence-electron chi connectivity index (χ0n) is 10.8. The van der Waals surface area contributed by atoms with Crippen molar-refractivity contribution in [3.8, 4) is 6.07 Å². The molecule has 0 radical (unpaired) electrons. The van der Waals surface area contributed by atoms with Crippen LogP contribution >= 0.6 is 33.9 Å². The summed E-state index contributed by atoms with van der Waals surface area (Å²) in [6, 6.07) is 17.0. The highest BCUT2D eigenvalue weighted by Crippen LogP contribution is 2.29. The minimum absolute atomic E-state index is 0.201. The summed E-state index contributed by atoms with van der Waals surface area (Å²) in [5.74, 6) is -1.05. The van der Waals surface area contributed by atoms with Gasteiger partial charge in [-0.3, -0.25) is 4.79 Å². The number of halogens is 1. The molecular formula is C16H9IN2OS. The average molecular weight is 404 g/mol. The molecule has 0 saturated carbocycles. The third-order valence-corrected chi connectivity index (χ3v) is 4.90. The fourth-order valence-corrected chi connectivity index (χ4v) is 3.39. The second kappa shape index (κ2) is 5.92. The molecule has 0 bridgehead atoms. The van der Waals surface area contributed by atoms with Crippen molar-refractivity contribution in [1.82, 2.24) is 4.98 Å². The lowest BCUT2D eigenvalue weighted by molar-refractivity contribution is 0.0979. The van der Waals surface area contributed by atoms with E-state index in [-0.39, 0.29) is 5.78 Å². The molecule has 102 valence electrons. The van der Waals surface area contributed by atoms with E-state index in [1.54, 1.807) is 12.1 Å². The predicted octanol–water partition coefficient (Wildman–Crippen LogP) is 4.39. The van der Waals surface area contributed by atoms with Crippen LogP contribution in [0, 0.1) is 14.9 Å². The molecule has 0 unspecified atom stereocenters. The zero-order valence-corrected chi connectivity index (χ0v) is 13.8. The molecule has 0 aliphatic carbocycles. The number of rotatable bonds is 3. The molecule has 1 aromatic heterocycles. The summed E-state index contributed by atoms with van der Waals surface area (Å²) in [7, 11) is 0. The largest absolute Gasteiger partial charge is 0.292 e. The van der Waals surface area contributed by atoms with Crippen molar-refractivity contribution in [2.45, 2.75) is 5.92 Å². The molecule has 2 aromatic carbocycles. The first-order valence-corrected chi connectivity index (χ1v) is 8.13. The van der Waals surface area contributed by atoms with Crippen LogP contribution in [0.2, 0.25) is 0 Å². The maximum Gasteiger partial charge on any atom is 0.186 e.